The predicted octanol–water partition coefficient (Wildman–Crippen LogP) is 2.23. The third-order valence-electron chi connectivity index (χ3n) is 2.59. The van der Waals surface area contributed by atoms with E-state index in [0.29, 0.717) is 0 Å². The van der Waals surface area contributed by atoms with E-state index in [4.69, 9.17) is 11.8 Å². The summed E-state index contributed by atoms with van der Waals surface area (Å²) < 4.78 is 0. The van der Waals surface area contributed by atoms with E-state index in [-0.39, 0.29) is 16.9 Å². The highest BCUT2D eigenvalue weighted by Gasteiger charge is 2.69. The standard InChI is InChI=1S/C9H12N2/c1-8(2,3)9(11-4)5-7(9)6-10/h7H,5H2,1-3H3/t7-,9-/m0/s1. The zero-order chi connectivity index (χ0) is 8.70. The molecule has 1 aliphatic rings. The first-order valence-corrected chi connectivity index (χ1v) is 3.76. The maximum Gasteiger partial charge on any atom is 0.254 e. The van der Waals surface area contributed by atoms with Gasteiger partial charge < -0.3 is 4.85 Å². The van der Waals surface area contributed by atoms with Crippen molar-refractivity contribution >= 4 is 0 Å². The molecule has 0 bridgehead atoms. The van der Waals surface area contributed by atoms with Crippen LogP contribution in [-0.4, -0.2) is 5.54 Å². The van der Waals surface area contributed by atoms with E-state index in [2.05, 4.69) is 10.9 Å². The highest BCUT2D eigenvalue weighted by atomic mass is 14.9. The van der Waals surface area contributed by atoms with Crippen LogP contribution in [0, 0.1) is 29.2 Å². The van der Waals surface area contributed by atoms with Crippen LogP contribution in [-0.2, 0) is 0 Å². The fourth-order valence-electron chi connectivity index (χ4n) is 1.52. The first-order chi connectivity index (χ1) is 4.98. The van der Waals surface area contributed by atoms with Crippen LogP contribution in [0.25, 0.3) is 4.85 Å². The molecule has 1 saturated carbocycles. The van der Waals surface area contributed by atoms with Crippen LogP contribution in [0.5, 0.6) is 0 Å². The van der Waals surface area contributed by atoms with Gasteiger partial charge in [0.1, 0.15) is 5.92 Å². The molecule has 1 aliphatic carbocycles. The Morgan fingerprint density at radius 3 is 2.27 bits per heavy atom. The van der Waals surface area contributed by atoms with Gasteiger partial charge in [0, 0.05) is 5.41 Å². The molecule has 1 rings (SSSR count). The minimum absolute atomic E-state index is 0.0278. The maximum atomic E-state index is 8.64. The fourth-order valence-corrected chi connectivity index (χ4v) is 1.52. The number of nitriles is 1. The van der Waals surface area contributed by atoms with Crippen molar-refractivity contribution in [1.29, 1.82) is 5.26 Å². The van der Waals surface area contributed by atoms with Crippen molar-refractivity contribution in [2.24, 2.45) is 11.3 Å². The predicted molar refractivity (Wildman–Crippen MR) is 42.5 cm³/mol. The second-order valence-corrected chi connectivity index (χ2v) is 4.17. The average molecular weight is 148 g/mol. The molecular weight excluding hydrogens is 136 g/mol. The topological polar surface area (TPSA) is 28.1 Å². The van der Waals surface area contributed by atoms with Crippen LogP contribution >= 0.6 is 0 Å². The second kappa shape index (κ2) is 1.98. The number of rotatable bonds is 0. The molecule has 0 aromatic carbocycles. The molecule has 0 aliphatic heterocycles. The van der Waals surface area contributed by atoms with E-state index in [1.807, 2.05) is 20.8 Å². The van der Waals surface area contributed by atoms with Crippen LogP contribution < -0.4 is 0 Å². The summed E-state index contributed by atoms with van der Waals surface area (Å²) in [5.74, 6) is -0.0278. The van der Waals surface area contributed by atoms with Crippen molar-refractivity contribution in [1.82, 2.24) is 0 Å². The Labute approximate surface area is 67.6 Å². The summed E-state index contributed by atoms with van der Waals surface area (Å²) in [6.07, 6.45) is 0.760. The van der Waals surface area contributed by atoms with Crippen molar-refractivity contribution in [3.63, 3.8) is 0 Å². The van der Waals surface area contributed by atoms with Gasteiger partial charge in [0.2, 0.25) is 0 Å². The molecule has 0 heterocycles. The van der Waals surface area contributed by atoms with Crippen molar-refractivity contribution in [2.75, 3.05) is 0 Å². The molecule has 2 nitrogen and oxygen atoms in total. The first kappa shape index (κ1) is 8.08. The lowest BCUT2D eigenvalue weighted by Crippen LogP contribution is -2.26. The zero-order valence-corrected chi connectivity index (χ0v) is 7.18. The molecule has 0 N–H and O–H groups in total. The van der Waals surface area contributed by atoms with Gasteiger partial charge in [0.25, 0.3) is 5.54 Å². The van der Waals surface area contributed by atoms with E-state index in [9.17, 15) is 0 Å². The summed E-state index contributed by atoms with van der Waals surface area (Å²) in [7, 11) is 0. The Morgan fingerprint density at radius 2 is 2.18 bits per heavy atom. The lowest BCUT2D eigenvalue weighted by molar-refractivity contribution is 0.330. The normalized spacial score (nSPS) is 35.5. The Bertz CT molecular complexity index is 248. The third kappa shape index (κ3) is 0.906. The Kier molecular flexibility index (Phi) is 1.46. The fraction of sp³-hybridized carbons (Fsp3) is 0.778. The Hall–Kier alpha value is -1.02. The molecule has 2 heteroatoms. The second-order valence-electron chi connectivity index (χ2n) is 4.17. The summed E-state index contributed by atoms with van der Waals surface area (Å²) in [6.45, 7) is 13.1. The van der Waals surface area contributed by atoms with Gasteiger partial charge in [-0.15, -0.1) is 0 Å². The molecule has 0 aromatic heterocycles. The smallest absolute Gasteiger partial charge is 0.254 e. The molecule has 11 heavy (non-hydrogen) atoms. The third-order valence-corrected chi connectivity index (χ3v) is 2.59. The van der Waals surface area contributed by atoms with Gasteiger partial charge in [0.05, 0.1) is 12.5 Å². The molecule has 58 valence electrons. The molecule has 0 aromatic rings. The summed E-state index contributed by atoms with van der Waals surface area (Å²) in [5.41, 5.74) is -0.420. The minimum atomic E-state index is -0.373. The monoisotopic (exact) mass is 148 g/mol. The maximum absolute atomic E-state index is 8.64. The molecule has 2 atom stereocenters. The van der Waals surface area contributed by atoms with E-state index >= 15 is 0 Å². The van der Waals surface area contributed by atoms with Gasteiger partial charge in [-0.2, -0.15) is 5.26 Å². The molecule has 0 spiro atoms. The van der Waals surface area contributed by atoms with E-state index in [1.165, 1.54) is 0 Å². The van der Waals surface area contributed by atoms with Gasteiger partial charge in [-0.1, -0.05) is 20.8 Å². The summed E-state index contributed by atoms with van der Waals surface area (Å²) in [4.78, 5) is 3.58. The number of hydrogen-bond donors (Lipinski definition) is 0. The van der Waals surface area contributed by atoms with E-state index < -0.39 is 0 Å². The molecule has 0 amide bonds. The van der Waals surface area contributed by atoms with Crippen molar-refractivity contribution in [3.05, 3.63) is 11.4 Å². The molecule has 0 radical (unpaired) electrons. The zero-order valence-electron chi connectivity index (χ0n) is 7.18. The van der Waals surface area contributed by atoms with Gasteiger partial charge in [-0.3, -0.25) is 0 Å². The van der Waals surface area contributed by atoms with Gasteiger partial charge in [-0.05, 0) is 0 Å². The molecule has 1 fully saturated rings. The highest BCUT2D eigenvalue weighted by molar-refractivity contribution is 5.29. The van der Waals surface area contributed by atoms with Gasteiger partial charge >= 0.3 is 0 Å². The Balaban J connectivity index is 2.88. The van der Waals surface area contributed by atoms with Crippen molar-refractivity contribution in [3.8, 4) is 6.07 Å². The number of nitrogens with zero attached hydrogens (tertiary/aromatic N) is 2. The van der Waals surface area contributed by atoms with Crippen LogP contribution in [0.4, 0.5) is 0 Å². The first-order valence-electron chi connectivity index (χ1n) is 3.76. The summed E-state index contributed by atoms with van der Waals surface area (Å²) in [6, 6.07) is 2.17. The van der Waals surface area contributed by atoms with Crippen molar-refractivity contribution < 1.29 is 0 Å². The van der Waals surface area contributed by atoms with Crippen LogP contribution in [0.2, 0.25) is 0 Å². The Morgan fingerprint density at radius 1 is 1.64 bits per heavy atom. The number of hydrogen-bond acceptors (Lipinski definition) is 1. The minimum Gasteiger partial charge on any atom is -0.308 e. The highest BCUT2D eigenvalue weighted by Crippen LogP contribution is 2.57. The van der Waals surface area contributed by atoms with E-state index in [0.717, 1.165) is 6.42 Å². The average Bonchev–Trinajstić information content (AvgIpc) is 2.60. The van der Waals surface area contributed by atoms with Gasteiger partial charge in [-0.25, -0.2) is 6.57 Å². The molecule has 0 saturated heterocycles. The lowest BCUT2D eigenvalue weighted by Gasteiger charge is -2.19. The summed E-state index contributed by atoms with van der Waals surface area (Å²) >= 11 is 0. The SMILES string of the molecule is [C-]#[N+][C@@]1(C(C)(C)C)C[C@H]1C#N. The van der Waals surface area contributed by atoms with Gasteiger partial charge in [0.15, 0.2) is 0 Å². The van der Waals surface area contributed by atoms with Crippen LogP contribution in [0.15, 0.2) is 0 Å². The largest absolute Gasteiger partial charge is 0.308 e. The van der Waals surface area contributed by atoms with E-state index in [1.54, 1.807) is 0 Å². The van der Waals surface area contributed by atoms with Crippen LogP contribution in [0.1, 0.15) is 27.2 Å². The molecular formula is C9H12N2. The lowest BCUT2D eigenvalue weighted by atomic mass is 9.83. The quantitative estimate of drug-likeness (QED) is 0.484. The van der Waals surface area contributed by atoms with Crippen molar-refractivity contribution in [2.45, 2.75) is 32.7 Å². The summed E-state index contributed by atoms with van der Waals surface area (Å²) in [5, 5.41) is 8.64. The molecule has 0 unspecified atom stereocenters. The van der Waals surface area contributed by atoms with Crippen LogP contribution in [0.3, 0.4) is 0 Å².